The Balaban J connectivity index is 1.59. The molecule has 1 aliphatic rings. The van der Waals surface area contributed by atoms with E-state index in [1.807, 2.05) is 5.38 Å². The summed E-state index contributed by atoms with van der Waals surface area (Å²) in [6, 6.07) is 0. The van der Waals surface area contributed by atoms with E-state index in [1.54, 1.807) is 17.5 Å². The van der Waals surface area contributed by atoms with Gasteiger partial charge in [-0.3, -0.25) is 9.59 Å². The SMILES string of the molecule is COC(=O)CCCCNC(=O)c1nc(-c2nccs2)sc1C1CC1. The van der Waals surface area contributed by atoms with Crippen molar-refractivity contribution in [1.82, 2.24) is 15.3 Å². The lowest BCUT2D eigenvalue weighted by Crippen LogP contribution is -2.25. The fourth-order valence-corrected chi connectivity index (χ4v) is 4.23. The molecular formula is C16H19N3O3S2. The maximum Gasteiger partial charge on any atom is 0.305 e. The molecule has 0 atom stereocenters. The number of ether oxygens (including phenoxy) is 1. The normalized spacial score (nSPS) is 13.7. The maximum atomic E-state index is 12.5. The highest BCUT2D eigenvalue weighted by Crippen LogP contribution is 2.46. The van der Waals surface area contributed by atoms with Crippen molar-refractivity contribution in [2.45, 2.75) is 38.0 Å². The highest BCUT2D eigenvalue weighted by Gasteiger charge is 2.32. The minimum atomic E-state index is -0.218. The number of amides is 1. The lowest BCUT2D eigenvalue weighted by Gasteiger charge is -2.04. The van der Waals surface area contributed by atoms with Crippen LogP contribution in [0.2, 0.25) is 0 Å². The van der Waals surface area contributed by atoms with Gasteiger partial charge in [0.1, 0.15) is 5.69 Å². The van der Waals surface area contributed by atoms with Gasteiger partial charge >= 0.3 is 5.97 Å². The molecule has 0 spiro atoms. The Morgan fingerprint density at radius 2 is 2.17 bits per heavy atom. The van der Waals surface area contributed by atoms with E-state index in [1.165, 1.54) is 18.4 Å². The zero-order valence-electron chi connectivity index (χ0n) is 13.4. The molecule has 1 amide bonds. The Bertz CT molecular complexity index is 708. The Morgan fingerprint density at radius 3 is 2.83 bits per heavy atom. The number of nitrogens with zero attached hydrogens (tertiary/aromatic N) is 2. The average molecular weight is 365 g/mol. The number of carbonyl (C=O) groups excluding carboxylic acids is 2. The van der Waals surface area contributed by atoms with Crippen molar-refractivity contribution in [2.75, 3.05) is 13.7 Å². The molecule has 2 aromatic heterocycles. The van der Waals surface area contributed by atoms with Gasteiger partial charge in [0.15, 0.2) is 10.0 Å². The molecule has 6 nitrogen and oxygen atoms in total. The van der Waals surface area contributed by atoms with Crippen LogP contribution in [0.5, 0.6) is 0 Å². The van der Waals surface area contributed by atoms with Gasteiger partial charge in [-0.15, -0.1) is 22.7 Å². The van der Waals surface area contributed by atoms with Crippen LogP contribution < -0.4 is 5.32 Å². The molecule has 0 unspecified atom stereocenters. The second-order valence-corrected chi connectivity index (χ2v) is 7.56. The molecule has 0 bridgehead atoms. The third kappa shape index (κ3) is 4.18. The summed E-state index contributed by atoms with van der Waals surface area (Å²) >= 11 is 3.11. The van der Waals surface area contributed by atoms with Crippen LogP contribution in [-0.4, -0.2) is 35.5 Å². The molecule has 1 saturated carbocycles. The molecule has 1 N–H and O–H groups in total. The lowest BCUT2D eigenvalue weighted by atomic mass is 10.2. The van der Waals surface area contributed by atoms with Crippen LogP contribution in [0.25, 0.3) is 10.0 Å². The number of aromatic nitrogens is 2. The zero-order chi connectivity index (χ0) is 16.9. The van der Waals surface area contributed by atoms with Crippen LogP contribution in [0.15, 0.2) is 11.6 Å². The van der Waals surface area contributed by atoms with E-state index in [9.17, 15) is 9.59 Å². The number of thiazole rings is 2. The van der Waals surface area contributed by atoms with Crippen molar-refractivity contribution < 1.29 is 14.3 Å². The van der Waals surface area contributed by atoms with E-state index in [2.05, 4.69) is 20.0 Å². The lowest BCUT2D eigenvalue weighted by molar-refractivity contribution is -0.140. The van der Waals surface area contributed by atoms with Crippen molar-refractivity contribution in [3.05, 3.63) is 22.1 Å². The summed E-state index contributed by atoms with van der Waals surface area (Å²) in [6.07, 6.45) is 5.81. The third-order valence-corrected chi connectivity index (χ3v) is 5.89. The molecule has 2 aromatic rings. The predicted octanol–water partition coefficient (Wildman–Crippen LogP) is 3.22. The first-order valence-corrected chi connectivity index (χ1v) is 9.64. The zero-order valence-corrected chi connectivity index (χ0v) is 15.0. The van der Waals surface area contributed by atoms with E-state index in [4.69, 9.17) is 0 Å². The monoisotopic (exact) mass is 365 g/mol. The Kier molecular flexibility index (Phi) is 5.57. The molecule has 128 valence electrons. The number of nitrogens with one attached hydrogen (secondary N) is 1. The largest absolute Gasteiger partial charge is 0.469 e. The summed E-state index contributed by atoms with van der Waals surface area (Å²) in [6.45, 7) is 0.532. The van der Waals surface area contributed by atoms with Gasteiger partial charge in [0, 0.05) is 29.4 Å². The number of hydrogen-bond acceptors (Lipinski definition) is 7. The van der Waals surface area contributed by atoms with E-state index < -0.39 is 0 Å². The standard InChI is InChI=1S/C16H19N3O3S2/c1-22-11(20)4-2-3-7-17-14(21)12-13(10-5-6-10)24-16(19-12)15-18-8-9-23-15/h8-10H,2-7H2,1H3,(H,17,21). The summed E-state index contributed by atoms with van der Waals surface area (Å²) in [7, 11) is 1.38. The third-order valence-electron chi connectivity index (χ3n) is 3.75. The Labute approximate surface area is 148 Å². The molecule has 2 heterocycles. The summed E-state index contributed by atoms with van der Waals surface area (Å²) in [5, 5.41) is 6.50. The van der Waals surface area contributed by atoms with Crippen LogP contribution >= 0.6 is 22.7 Å². The first-order chi connectivity index (χ1) is 11.7. The van der Waals surface area contributed by atoms with Gasteiger partial charge in [0.2, 0.25) is 0 Å². The number of esters is 1. The van der Waals surface area contributed by atoms with E-state index in [-0.39, 0.29) is 11.9 Å². The average Bonchev–Trinajstić information content (AvgIpc) is 3.12. The Morgan fingerprint density at radius 1 is 1.33 bits per heavy atom. The van der Waals surface area contributed by atoms with Gasteiger partial charge in [-0.2, -0.15) is 0 Å². The molecule has 1 aliphatic carbocycles. The molecule has 0 aromatic carbocycles. The van der Waals surface area contributed by atoms with Crippen LogP contribution in [0, 0.1) is 0 Å². The molecule has 8 heteroatoms. The Hall–Kier alpha value is -1.80. The summed E-state index contributed by atoms with van der Waals surface area (Å²) in [4.78, 5) is 33.4. The van der Waals surface area contributed by atoms with Crippen molar-refractivity contribution >= 4 is 34.6 Å². The van der Waals surface area contributed by atoms with E-state index >= 15 is 0 Å². The molecule has 24 heavy (non-hydrogen) atoms. The first kappa shape index (κ1) is 17.0. The number of unbranched alkanes of at least 4 members (excludes halogenated alkanes) is 1. The van der Waals surface area contributed by atoms with Gasteiger partial charge in [-0.1, -0.05) is 0 Å². The number of carbonyl (C=O) groups is 2. The minimum Gasteiger partial charge on any atom is -0.469 e. The van der Waals surface area contributed by atoms with Crippen molar-refractivity contribution in [1.29, 1.82) is 0 Å². The highest BCUT2D eigenvalue weighted by atomic mass is 32.1. The molecule has 1 fully saturated rings. The quantitative estimate of drug-likeness (QED) is 0.574. The fraction of sp³-hybridized carbons (Fsp3) is 0.500. The first-order valence-electron chi connectivity index (χ1n) is 7.94. The van der Waals surface area contributed by atoms with E-state index in [0.717, 1.165) is 34.2 Å². The smallest absolute Gasteiger partial charge is 0.305 e. The van der Waals surface area contributed by atoms with Gasteiger partial charge in [-0.25, -0.2) is 9.97 Å². The van der Waals surface area contributed by atoms with Crippen molar-refractivity contribution in [3.63, 3.8) is 0 Å². The molecular weight excluding hydrogens is 346 g/mol. The second-order valence-electron chi connectivity index (χ2n) is 5.63. The van der Waals surface area contributed by atoms with Crippen LogP contribution in [-0.2, 0) is 9.53 Å². The summed E-state index contributed by atoms with van der Waals surface area (Å²) in [5.41, 5.74) is 0.542. The number of rotatable bonds is 8. The molecule has 0 aliphatic heterocycles. The number of hydrogen-bond donors (Lipinski definition) is 1. The van der Waals surface area contributed by atoms with Crippen LogP contribution in [0.3, 0.4) is 0 Å². The topological polar surface area (TPSA) is 81.2 Å². The molecule has 0 radical (unpaired) electrons. The van der Waals surface area contributed by atoms with Crippen LogP contribution in [0.4, 0.5) is 0 Å². The van der Waals surface area contributed by atoms with Crippen LogP contribution in [0.1, 0.15) is 53.4 Å². The number of methoxy groups -OCH3 is 1. The summed E-state index contributed by atoms with van der Waals surface area (Å²) in [5.74, 6) is 0.121. The van der Waals surface area contributed by atoms with Gasteiger partial charge in [-0.05, 0) is 31.6 Å². The van der Waals surface area contributed by atoms with Crippen molar-refractivity contribution in [2.24, 2.45) is 0 Å². The molecule has 0 saturated heterocycles. The second kappa shape index (κ2) is 7.85. The fourth-order valence-electron chi connectivity index (χ4n) is 2.32. The van der Waals surface area contributed by atoms with E-state index in [0.29, 0.717) is 31.0 Å². The maximum absolute atomic E-state index is 12.5. The van der Waals surface area contributed by atoms with Gasteiger partial charge < -0.3 is 10.1 Å². The predicted molar refractivity (Wildman–Crippen MR) is 93.4 cm³/mol. The highest BCUT2D eigenvalue weighted by molar-refractivity contribution is 7.20. The van der Waals surface area contributed by atoms with Gasteiger partial charge in [0.05, 0.1) is 7.11 Å². The van der Waals surface area contributed by atoms with Crippen molar-refractivity contribution in [3.8, 4) is 10.0 Å². The molecule has 3 rings (SSSR count). The minimum absolute atomic E-state index is 0.131. The van der Waals surface area contributed by atoms with Gasteiger partial charge in [0.25, 0.3) is 5.91 Å². The summed E-state index contributed by atoms with van der Waals surface area (Å²) < 4.78 is 4.59.